The fourth-order valence-corrected chi connectivity index (χ4v) is 3.67. The SMILES string of the molecule is NNC(/C1=C/CCCCCC1)C1CC1c1ccccc1. The molecule has 0 aliphatic heterocycles. The van der Waals surface area contributed by atoms with Crippen LogP contribution in [0.2, 0.25) is 0 Å². The van der Waals surface area contributed by atoms with Gasteiger partial charge < -0.3 is 0 Å². The molecule has 0 amide bonds. The summed E-state index contributed by atoms with van der Waals surface area (Å²) in [6, 6.07) is 11.3. The van der Waals surface area contributed by atoms with E-state index in [1.807, 2.05) is 0 Å². The van der Waals surface area contributed by atoms with E-state index in [-0.39, 0.29) is 0 Å². The molecule has 1 fully saturated rings. The van der Waals surface area contributed by atoms with Crippen LogP contribution in [0.5, 0.6) is 0 Å². The first-order valence-corrected chi connectivity index (χ1v) is 8.10. The van der Waals surface area contributed by atoms with Crippen molar-refractivity contribution in [2.45, 2.75) is 56.9 Å². The Bertz CT molecular complexity index is 452. The summed E-state index contributed by atoms with van der Waals surface area (Å²) in [6.45, 7) is 0. The summed E-state index contributed by atoms with van der Waals surface area (Å²) in [4.78, 5) is 0. The van der Waals surface area contributed by atoms with Crippen LogP contribution in [0.4, 0.5) is 0 Å². The van der Waals surface area contributed by atoms with Crippen LogP contribution in [0.15, 0.2) is 42.0 Å². The molecule has 2 aliphatic rings. The lowest BCUT2D eigenvalue weighted by molar-refractivity contribution is 0.492. The molecule has 0 aromatic heterocycles. The van der Waals surface area contributed by atoms with Gasteiger partial charge in [-0.3, -0.25) is 11.3 Å². The first-order valence-electron chi connectivity index (χ1n) is 8.10. The third-order valence-corrected chi connectivity index (χ3v) is 4.90. The van der Waals surface area contributed by atoms with E-state index < -0.39 is 0 Å². The number of hydrogen-bond donors (Lipinski definition) is 2. The number of nitrogens with one attached hydrogen (secondary N) is 1. The molecule has 3 unspecified atom stereocenters. The minimum absolute atomic E-state index is 0.387. The Kier molecular flexibility index (Phi) is 4.54. The van der Waals surface area contributed by atoms with Gasteiger partial charge in [0.15, 0.2) is 0 Å². The number of rotatable bonds is 4. The molecule has 1 saturated carbocycles. The van der Waals surface area contributed by atoms with Gasteiger partial charge in [0.25, 0.3) is 0 Å². The standard InChI is InChI=1S/C18H26N2/c19-20-18(15-11-5-2-1-3-6-12-15)17-13-16(17)14-9-7-4-8-10-14/h4,7-11,16-18,20H,1-3,5-6,12-13,19H2/b15-11+. The molecule has 1 aromatic rings. The lowest BCUT2D eigenvalue weighted by Crippen LogP contribution is -2.39. The second-order valence-corrected chi connectivity index (χ2v) is 6.29. The summed E-state index contributed by atoms with van der Waals surface area (Å²) in [5, 5.41) is 0. The Morgan fingerprint density at radius 3 is 2.65 bits per heavy atom. The maximum absolute atomic E-state index is 5.88. The molecule has 2 aliphatic carbocycles. The van der Waals surface area contributed by atoms with Crippen LogP contribution >= 0.6 is 0 Å². The molecule has 3 atom stereocenters. The molecule has 108 valence electrons. The molecule has 2 heteroatoms. The van der Waals surface area contributed by atoms with E-state index in [1.54, 1.807) is 5.57 Å². The topological polar surface area (TPSA) is 38.0 Å². The highest BCUT2D eigenvalue weighted by Crippen LogP contribution is 2.51. The average molecular weight is 270 g/mol. The normalized spacial score (nSPS) is 30.8. The van der Waals surface area contributed by atoms with Crippen LogP contribution in [0, 0.1) is 5.92 Å². The van der Waals surface area contributed by atoms with Gasteiger partial charge in [0, 0.05) is 6.04 Å². The number of nitrogens with two attached hydrogens (primary N) is 1. The monoisotopic (exact) mass is 270 g/mol. The van der Waals surface area contributed by atoms with E-state index in [4.69, 9.17) is 5.84 Å². The second kappa shape index (κ2) is 6.55. The van der Waals surface area contributed by atoms with Crippen molar-refractivity contribution in [2.75, 3.05) is 0 Å². The average Bonchev–Trinajstić information content (AvgIpc) is 3.23. The number of allylic oxidation sites excluding steroid dienone is 1. The largest absolute Gasteiger partial charge is 0.271 e. The molecule has 0 heterocycles. The maximum atomic E-state index is 5.88. The predicted octanol–water partition coefficient (Wildman–Crippen LogP) is 3.90. The first kappa shape index (κ1) is 13.8. The summed E-state index contributed by atoms with van der Waals surface area (Å²) in [5.74, 6) is 7.27. The van der Waals surface area contributed by atoms with E-state index in [9.17, 15) is 0 Å². The molecule has 0 bridgehead atoms. The van der Waals surface area contributed by atoms with Crippen LogP contribution in [0.3, 0.4) is 0 Å². The van der Waals surface area contributed by atoms with Gasteiger partial charge in [-0.15, -0.1) is 0 Å². The van der Waals surface area contributed by atoms with Crippen molar-refractivity contribution in [1.82, 2.24) is 5.43 Å². The van der Waals surface area contributed by atoms with Crippen molar-refractivity contribution in [3.8, 4) is 0 Å². The van der Waals surface area contributed by atoms with Crippen LogP contribution in [0.25, 0.3) is 0 Å². The van der Waals surface area contributed by atoms with Crippen LogP contribution in [0.1, 0.15) is 56.4 Å². The van der Waals surface area contributed by atoms with Crippen LogP contribution < -0.4 is 11.3 Å². The zero-order valence-corrected chi connectivity index (χ0v) is 12.2. The Morgan fingerprint density at radius 1 is 1.05 bits per heavy atom. The van der Waals surface area contributed by atoms with Crippen LogP contribution in [-0.4, -0.2) is 6.04 Å². The molecule has 0 spiro atoms. The van der Waals surface area contributed by atoms with Crippen LogP contribution in [-0.2, 0) is 0 Å². The number of hydrazine groups is 1. The Balaban J connectivity index is 1.68. The zero-order chi connectivity index (χ0) is 13.8. The Labute approximate surface area is 122 Å². The highest BCUT2D eigenvalue weighted by molar-refractivity contribution is 5.30. The summed E-state index contributed by atoms with van der Waals surface area (Å²) in [6.07, 6.45) is 11.6. The quantitative estimate of drug-likeness (QED) is 0.494. The molecule has 1 aromatic carbocycles. The minimum Gasteiger partial charge on any atom is -0.271 e. The van der Waals surface area contributed by atoms with Crippen molar-refractivity contribution < 1.29 is 0 Å². The third kappa shape index (κ3) is 3.13. The van der Waals surface area contributed by atoms with Gasteiger partial charge in [-0.05, 0) is 49.5 Å². The van der Waals surface area contributed by atoms with E-state index in [0.717, 1.165) is 0 Å². The predicted molar refractivity (Wildman–Crippen MR) is 84.2 cm³/mol. The van der Waals surface area contributed by atoms with Crippen molar-refractivity contribution in [3.05, 3.63) is 47.5 Å². The fraction of sp³-hybridized carbons (Fsp3) is 0.556. The van der Waals surface area contributed by atoms with Gasteiger partial charge >= 0.3 is 0 Å². The molecule has 3 N–H and O–H groups in total. The molecule has 0 saturated heterocycles. The molecule has 2 nitrogen and oxygen atoms in total. The highest BCUT2D eigenvalue weighted by atomic mass is 15.2. The minimum atomic E-state index is 0.387. The highest BCUT2D eigenvalue weighted by Gasteiger charge is 2.44. The van der Waals surface area contributed by atoms with Gasteiger partial charge in [0.05, 0.1) is 0 Å². The van der Waals surface area contributed by atoms with Gasteiger partial charge in [-0.25, -0.2) is 0 Å². The maximum Gasteiger partial charge on any atom is 0.0454 e. The van der Waals surface area contributed by atoms with Crippen molar-refractivity contribution >= 4 is 0 Å². The zero-order valence-electron chi connectivity index (χ0n) is 12.2. The van der Waals surface area contributed by atoms with Gasteiger partial charge in [0.1, 0.15) is 0 Å². The second-order valence-electron chi connectivity index (χ2n) is 6.29. The first-order chi connectivity index (χ1) is 9.90. The van der Waals surface area contributed by atoms with Crippen molar-refractivity contribution in [1.29, 1.82) is 0 Å². The number of hydrogen-bond acceptors (Lipinski definition) is 2. The number of benzene rings is 1. The van der Waals surface area contributed by atoms with E-state index in [2.05, 4.69) is 41.8 Å². The Hall–Kier alpha value is -1.12. The Morgan fingerprint density at radius 2 is 1.85 bits per heavy atom. The summed E-state index contributed by atoms with van der Waals surface area (Å²) >= 11 is 0. The van der Waals surface area contributed by atoms with Gasteiger partial charge in [-0.1, -0.05) is 54.8 Å². The van der Waals surface area contributed by atoms with E-state index >= 15 is 0 Å². The summed E-state index contributed by atoms with van der Waals surface area (Å²) in [7, 11) is 0. The summed E-state index contributed by atoms with van der Waals surface area (Å²) < 4.78 is 0. The summed E-state index contributed by atoms with van der Waals surface area (Å²) in [5.41, 5.74) is 6.15. The third-order valence-electron chi connectivity index (χ3n) is 4.90. The van der Waals surface area contributed by atoms with Crippen molar-refractivity contribution in [2.24, 2.45) is 11.8 Å². The van der Waals surface area contributed by atoms with Gasteiger partial charge in [0.2, 0.25) is 0 Å². The fourth-order valence-electron chi connectivity index (χ4n) is 3.67. The van der Waals surface area contributed by atoms with Crippen molar-refractivity contribution in [3.63, 3.8) is 0 Å². The molecule has 0 radical (unpaired) electrons. The van der Waals surface area contributed by atoms with E-state index in [1.165, 1.54) is 50.5 Å². The molecule has 3 rings (SSSR count). The lowest BCUT2D eigenvalue weighted by atomic mass is 9.91. The van der Waals surface area contributed by atoms with Gasteiger partial charge in [-0.2, -0.15) is 0 Å². The smallest absolute Gasteiger partial charge is 0.0454 e. The molecular formula is C18H26N2. The molecular weight excluding hydrogens is 244 g/mol. The molecule has 20 heavy (non-hydrogen) atoms. The lowest BCUT2D eigenvalue weighted by Gasteiger charge is -2.22. The van der Waals surface area contributed by atoms with E-state index in [0.29, 0.717) is 17.9 Å².